The summed E-state index contributed by atoms with van der Waals surface area (Å²) in [4.78, 5) is 34.5. The van der Waals surface area contributed by atoms with Crippen LogP contribution in [0.1, 0.15) is 0 Å². The lowest BCUT2D eigenvalue weighted by Crippen LogP contribution is -2.34. The number of halogens is 2. The van der Waals surface area contributed by atoms with E-state index in [1.165, 1.54) is 0 Å². The molecule has 0 aliphatic carbocycles. The average molecular weight is 346 g/mol. The second-order valence-electron chi connectivity index (χ2n) is 4.24. The van der Waals surface area contributed by atoms with Crippen LogP contribution in [0.2, 0.25) is 10.0 Å². The van der Waals surface area contributed by atoms with Crippen molar-refractivity contribution < 1.29 is 19.6 Å². The first-order valence-electron chi connectivity index (χ1n) is 5.94. The Morgan fingerprint density at radius 3 is 2.36 bits per heavy atom. The summed E-state index contributed by atoms with van der Waals surface area (Å²) in [7, 11) is 0. The number of aliphatic hydroxyl groups is 1. The van der Waals surface area contributed by atoms with Gasteiger partial charge < -0.3 is 10.4 Å². The second kappa shape index (κ2) is 6.30. The number of non-ortho nitro benzene ring substituents is 1. The van der Waals surface area contributed by atoms with Crippen LogP contribution < -0.4 is 5.32 Å². The molecule has 1 heterocycles. The Morgan fingerprint density at radius 1 is 1.27 bits per heavy atom. The molecule has 2 amide bonds. The number of carbonyl (C=O) groups excluding carboxylic acids is 2. The predicted octanol–water partition coefficient (Wildman–Crippen LogP) is 1.56. The van der Waals surface area contributed by atoms with Crippen molar-refractivity contribution in [1.29, 1.82) is 0 Å². The molecule has 116 valence electrons. The maximum atomic E-state index is 12.0. The van der Waals surface area contributed by atoms with E-state index in [1.807, 2.05) is 0 Å². The Labute approximate surface area is 134 Å². The van der Waals surface area contributed by atoms with Gasteiger partial charge in [0.2, 0.25) is 0 Å². The maximum Gasteiger partial charge on any atom is 0.277 e. The molecule has 0 bridgehead atoms. The number of rotatable bonds is 5. The van der Waals surface area contributed by atoms with Gasteiger partial charge in [-0.05, 0) is 0 Å². The molecule has 0 unspecified atom stereocenters. The van der Waals surface area contributed by atoms with Gasteiger partial charge in [-0.3, -0.25) is 24.6 Å². The molecule has 0 saturated heterocycles. The number of nitrogens with one attached hydrogen (secondary N) is 1. The summed E-state index contributed by atoms with van der Waals surface area (Å²) >= 11 is 11.8. The molecule has 0 spiro atoms. The molecule has 0 saturated carbocycles. The number of amides is 2. The molecule has 10 heteroatoms. The molecule has 0 aromatic heterocycles. The predicted molar refractivity (Wildman–Crippen MR) is 78.6 cm³/mol. The molecule has 1 aromatic carbocycles. The van der Waals surface area contributed by atoms with Gasteiger partial charge in [0, 0.05) is 18.2 Å². The van der Waals surface area contributed by atoms with E-state index in [0.717, 1.165) is 23.1 Å². The highest BCUT2D eigenvalue weighted by molar-refractivity contribution is 6.39. The van der Waals surface area contributed by atoms with Crippen LogP contribution in [0, 0.1) is 10.1 Å². The zero-order valence-electron chi connectivity index (χ0n) is 10.9. The van der Waals surface area contributed by atoms with Crippen LogP contribution in [0.3, 0.4) is 0 Å². The number of aliphatic hydroxyl groups excluding tert-OH is 1. The largest absolute Gasteiger partial charge is 0.395 e. The first-order chi connectivity index (χ1) is 10.3. The Kier molecular flexibility index (Phi) is 4.65. The summed E-state index contributed by atoms with van der Waals surface area (Å²) in [6, 6.07) is 2.14. The van der Waals surface area contributed by atoms with E-state index in [4.69, 9.17) is 28.3 Å². The van der Waals surface area contributed by atoms with Gasteiger partial charge in [0.25, 0.3) is 17.5 Å². The first kappa shape index (κ1) is 16.2. The molecular weight excluding hydrogens is 337 g/mol. The number of hydrogen-bond acceptors (Lipinski definition) is 6. The molecule has 1 aliphatic rings. The molecule has 22 heavy (non-hydrogen) atoms. The topological polar surface area (TPSA) is 113 Å². The second-order valence-corrected chi connectivity index (χ2v) is 5.06. The van der Waals surface area contributed by atoms with E-state index in [9.17, 15) is 19.7 Å². The van der Waals surface area contributed by atoms with Crippen molar-refractivity contribution in [2.24, 2.45) is 0 Å². The SMILES string of the molecule is O=C1C=C(Nc2c(Cl)cc([N+](=O)[O-])cc2Cl)C(=O)N1CCO. The van der Waals surface area contributed by atoms with Crippen LogP contribution in [0.5, 0.6) is 0 Å². The first-order valence-corrected chi connectivity index (χ1v) is 6.69. The molecule has 0 atom stereocenters. The number of hydrogen-bond donors (Lipinski definition) is 2. The molecule has 0 radical (unpaired) electrons. The van der Waals surface area contributed by atoms with Gasteiger partial charge in [-0.1, -0.05) is 23.2 Å². The van der Waals surface area contributed by atoms with Crippen LogP contribution in [0.4, 0.5) is 11.4 Å². The minimum atomic E-state index is -0.659. The lowest BCUT2D eigenvalue weighted by atomic mass is 10.2. The fraction of sp³-hybridized carbons (Fsp3) is 0.167. The minimum Gasteiger partial charge on any atom is -0.395 e. The lowest BCUT2D eigenvalue weighted by molar-refractivity contribution is -0.384. The molecule has 8 nitrogen and oxygen atoms in total. The maximum absolute atomic E-state index is 12.0. The monoisotopic (exact) mass is 345 g/mol. The van der Waals surface area contributed by atoms with Crippen molar-refractivity contribution in [3.8, 4) is 0 Å². The van der Waals surface area contributed by atoms with Crippen LogP contribution in [-0.2, 0) is 9.59 Å². The summed E-state index contributed by atoms with van der Waals surface area (Å²) in [5, 5.41) is 22.0. The average Bonchev–Trinajstić information content (AvgIpc) is 2.70. The summed E-state index contributed by atoms with van der Waals surface area (Å²) in [5.74, 6) is -1.24. The van der Waals surface area contributed by atoms with Crippen molar-refractivity contribution >= 4 is 46.4 Å². The quantitative estimate of drug-likeness (QED) is 0.475. The fourth-order valence-electron chi connectivity index (χ4n) is 1.83. The van der Waals surface area contributed by atoms with E-state index in [-0.39, 0.29) is 40.3 Å². The smallest absolute Gasteiger partial charge is 0.277 e. The fourth-order valence-corrected chi connectivity index (χ4v) is 2.40. The Bertz CT molecular complexity index is 681. The number of imide groups is 1. The molecule has 1 aliphatic heterocycles. The standard InChI is InChI=1S/C12H9Cl2N3O5/c13-7-3-6(17(21)22)4-8(14)11(7)15-9-5-10(19)16(1-2-18)12(9)20/h3-5,15,18H,1-2H2. The molecule has 0 fully saturated rings. The van der Waals surface area contributed by atoms with Crippen LogP contribution in [0.15, 0.2) is 23.9 Å². The number of nitrogens with zero attached hydrogens (tertiary/aromatic N) is 2. The molecule has 2 rings (SSSR count). The van der Waals surface area contributed by atoms with Gasteiger partial charge in [-0.2, -0.15) is 0 Å². The highest BCUT2D eigenvalue weighted by atomic mass is 35.5. The zero-order chi connectivity index (χ0) is 16.4. The molecule has 1 aromatic rings. The van der Waals surface area contributed by atoms with Crippen molar-refractivity contribution in [1.82, 2.24) is 4.90 Å². The Balaban J connectivity index is 2.29. The number of anilines is 1. The van der Waals surface area contributed by atoms with Gasteiger partial charge in [0.05, 0.1) is 33.8 Å². The third-order valence-corrected chi connectivity index (χ3v) is 3.43. The van der Waals surface area contributed by atoms with E-state index < -0.39 is 16.7 Å². The van der Waals surface area contributed by atoms with Gasteiger partial charge in [0.15, 0.2) is 0 Å². The number of benzene rings is 1. The number of nitro groups is 1. The lowest BCUT2D eigenvalue weighted by Gasteiger charge is -2.14. The highest BCUT2D eigenvalue weighted by Crippen LogP contribution is 2.36. The Hall–Kier alpha value is -2.16. The van der Waals surface area contributed by atoms with Gasteiger partial charge in [-0.25, -0.2) is 0 Å². The van der Waals surface area contributed by atoms with Gasteiger partial charge >= 0.3 is 0 Å². The van der Waals surface area contributed by atoms with E-state index in [0.29, 0.717) is 0 Å². The van der Waals surface area contributed by atoms with E-state index in [2.05, 4.69) is 5.32 Å². The Morgan fingerprint density at radius 2 is 1.86 bits per heavy atom. The molecule has 2 N–H and O–H groups in total. The van der Waals surface area contributed by atoms with Crippen molar-refractivity contribution in [2.75, 3.05) is 18.5 Å². The molecular formula is C12H9Cl2N3O5. The zero-order valence-corrected chi connectivity index (χ0v) is 12.4. The highest BCUT2D eigenvalue weighted by Gasteiger charge is 2.31. The van der Waals surface area contributed by atoms with Crippen molar-refractivity contribution in [3.05, 3.63) is 44.1 Å². The normalized spacial score (nSPS) is 14.3. The number of β-amino-alcohol motifs (C(OH)–C–C–N with tert-alkyl or cyclic N) is 1. The summed E-state index contributed by atoms with van der Waals surface area (Å²) in [6.07, 6.45) is 1.03. The third-order valence-electron chi connectivity index (χ3n) is 2.83. The minimum absolute atomic E-state index is 0.0686. The van der Waals surface area contributed by atoms with E-state index >= 15 is 0 Å². The summed E-state index contributed by atoms with van der Waals surface area (Å²) in [6.45, 7) is -0.501. The van der Waals surface area contributed by atoms with E-state index in [1.54, 1.807) is 0 Å². The van der Waals surface area contributed by atoms with Crippen LogP contribution >= 0.6 is 23.2 Å². The number of carbonyl (C=O) groups is 2. The van der Waals surface area contributed by atoms with Gasteiger partial charge in [-0.15, -0.1) is 0 Å². The van der Waals surface area contributed by atoms with Crippen molar-refractivity contribution in [2.45, 2.75) is 0 Å². The van der Waals surface area contributed by atoms with Crippen LogP contribution in [0.25, 0.3) is 0 Å². The van der Waals surface area contributed by atoms with Crippen LogP contribution in [-0.4, -0.2) is 39.9 Å². The van der Waals surface area contributed by atoms with Gasteiger partial charge in [0.1, 0.15) is 5.70 Å². The third kappa shape index (κ3) is 3.03. The summed E-state index contributed by atoms with van der Waals surface area (Å²) in [5.41, 5.74) is -0.312. The van der Waals surface area contributed by atoms with Crippen molar-refractivity contribution in [3.63, 3.8) is 0 Å². The number of nitro benzene ring substituents is 1. The summed E-state index contributed by atoms with van der Waals surface area (Å²) < 4.78 is 0.